The molecule has 0 radical (unpaired) electrons. The lowest BCUT2D eigenvalue weighted by molar-refractivity contribution is 0.0179. The van der Waals surface area contributed by atoms with Crippen LogP contribution in [0.3, 0.4) is 0 Å². The molecular formula is C28H36F2N6O5. The molecule has 0 saturated carbocycles. The number of carbonyl (C=O) groups is 1. The third kappa shape index (κ3) is 7.95. The van der Waals surface area contributed by atoms with E-state index in [0.29, 0.717) is 30.6 Å². The standard InChI is InChI=1S/C28H36F2N6O5/c1-28(2,3)41-27(37)35-9-6-18(7-10-35)8-11-36-16-19(13-33-36)34-26-31-14-20(15-32-26)40-17-21-24(29)22(38-4)12-23(39-5)25(21)30/h12-16,18H,6-11,17H2,1-5H3,(H,31,32,34). The van der Waals surface area contributed by atoms with Crippen molar-refractivity contribution in [3.63, 3.8) is 0 Å². The van der Waals surface area contributed by atoms with Gasteiger partial charge in [-0.05, 0) is 46.0 Å². The number of nitrogens with zero attached hydrogens (tertiary/aromatic N) is 5. The number of amides is 1. The fourth-order valence-corrected chi connectivity index (χ4v) is 4.40. The van der Waals surface area contributed by atoms with Gasteiger partial charge in [-0.1, -0.05) is 0 Å². The molecule has 1 aliphatic rings. The van der Waals surface area contributed by atoms with Crippen molar-refractivity contribution in [2.75, 3.05) is 32.6 Å². The van der Waals surface area contributed by atoms with E-state index in [1.54, 1.807) is 11.1 Å². The Balaban J connectivity index is 1.24. The highest BCUT2D eigenvalue weighted by Gasteiger charge is 2.27. The third-order valence-corrected chi connectivity index (χ3v) is 6.60. The molecule has 41 heavy (non-hydrogen) atoms. The Hall–Kier alpha value is -4.16. The lowest BCUT2D eigenvalue weighted by atomic mass is 9.94. The minimum Gasteiger partial charge on any atom is -0.494 e. The molecule has 4 rings (SSSR count). The lowest BCUT2D eigenvalue weighted by Crippen LogP contribution is -2.41. The van der Waals surface area contributed by atoms with Crippen molar-refractivity contribution in [3.8, 4) is 17.2 Å². The number of likely N-dealkylation sites (tertiary alicyclic amines) is 1. The number of piperidine rings is 1. The normalized spacial score (nSPS) is 14.1. The lowest BCUT2D eigenvalue weighted by Gasteiger charge is -2.33. The SMILES string of the molecule is COc1cc(OC)c(F)c(COc2cnc(Nc3cnn(CCC4CCN(C(=O)OC(C)(C)C)CC4)c3)nc2)c1F. The number of benzene rings is 1. The van der Waals surface area contributed by atoms with Crippen LogP contribution in [0.2, 0.25) is 0 Å². The van der Waals surface area contributed by atoms with Gasteiger partial charge in [0.05, 0.1) is 44.1 Å². The van der Waals surface area contributed by atoms with E-state index in [4.69, 9.17) is 18.9 Å². The van der Waals surface area contributed by atoms with E-state index in [9.17, 15) is 13.6 Å². The Labute approximate surface area is 237 Å². The summed E-state index contributed by atoms with van der Waals surface area (Å²) in [5.41, 5.74) is -0.107. The second kappa shape index (κ2) is 13.0. The highest BCUT2D eigenvalue weighted by Crippen LogP contribution is 2.32. The number of anilines is 2. The highest BCUT2D eigenvalue weighted by molar-refractivity contribution is 5.68. The van der Waals surface area contributed by atoms with Crippen molar-refractivity contribution < 1.29 is 32.5 Å². The number of nitrogens with one attached hydrogen (secondary N) is 1. The molecule has 1 aliphatic heterocycles. The summed E-state index contributed by atoms with van der Waals surface area (Å²) in [7, 11) is 2.56. The van der Waals surface area contributed by atoms with Crippen LogP contribution in [0.5, 0.6) is 17.2 Å². The monoisotopic (exact) mass is 574 g/mol. The minimum absolute atomic E-state index is 0.151. The van der Waals surface area contributed by atoms with Gasteiger partial charge in [-0.25, -0.2) is 23.5 Å². The largest absolute Gasteiger partial charge is 0.494 e. The van der Waals surface area contributed by atoms with Crippen LogP contribution < -0.4 is 19.5 Å². The molecule has 0 bridgehead atoms. The average molecular weight is 575 g/mol. The van der Waals surface area contributed by atoms with Crippen LogP contribution in [-0.2, 0) is 17.9 Å². The maximum Gasteiger partial charge on any atom is 0.410 e. The maximum atomic E-state index is 14.5. The van der Waals surface area contributed by atoms with Gasteiger partial charge in [-0.2, -0.15) is 5.10 Å². The summed E-state index contributed by atoms with van der Waals surface area (Å²) in [5, 5.41) is 7.48. The van der Waals surface area contributed by atoms with Gasteiger partial charge >= 0.3 is 6.09 Å². The Morgan fingerprint density at radius 1 is 1.05 bits per heavy atom. The number of methoxy groups -OCH3 is 2. The molecular weight excluding hydrogens is 538 g/mol. The Kier molecular flexibility index (Phi) is 9.46. The van der Waals surface area contributed by atoms with Crippen LogP contribution in [0.25, 0.3) is 0 Å². The van der Waals surface area contributed by atoms with Crippen LogP contribution in [-0.4, -0.2) is 63.7 Å². The summed E-state index contributed by atoms with van der Waals surface area (Å²) in [6, 6.07) is 1.14. The first-order valence-electron chi connectivity index (χ1n) is 13.4. The van der Waals surface area contributed by atoms with Gasteiger partial charge in [0.1, 0.15) is 12.2 Å². The van der Waals surface area contributed by atoms with Gasteiger partial charge in [0.2, 0.25) is 5.95 Å². The second-order valence-electron chi connectivity index (χ2n) is 10.7. The van der Waals surface area contributed by atoms with Crippen molar-refractivity contribution in [1.82, 2.24) is 24.6 Å². The number of ether oxygens (including phenoxy) is 4. The fourth-order valence-electron chi connectivity index (χ4n) is 4.40. The zero-order chi connectivity index (χ0) is 29.6. The number of aromatic nitrogens is 4. The van der Waals surface area contributed by atoms with Gasteiger partial charge < -0.3 is 29.2 Å². The van der Waals surface area contributed by atoms with Crippen molar-refractivity contribution in [2.45, 2.75) is 58.8 Å². The molecule has 0 spiro atoms. The van der Waals surface area contributed by atoms with Crippen molar-refractivity contribution in [3.05, 3.63) is 48.1 Å². The molecule has 11 nitrogen and oxygen atoms in total. The zero-order valence-corrected chi connectivity index (χ0v) is 23.9. The van der Waals surface area contributed by atoms with Gasteiger partial charge in [-0.15, -0.1) is 0 Å². The van der Waals surface area contributed by atoms with Gasteiger partial charge in [-0.3, -0.25) is 4.68 Å². The number of hydrogen-bond acceptors (Lipinski definition) is 9. The first-order valence-corrected chi connectivity index (χ1v) is 13.4. The maximum absolute atomic E-state index is 14.5. The third-order valence-electron chi connectivity index (χ3n) is 6.60. The summed E-state index contributed by atoms with van der Waals surface area (Å²) in [5.74, 6) is -0.994. The molecule has 0 atom stereocenters. The first kappa shape index (κ1) is 29.8. The predicted molar refractivity (Wildman–Crippen MR) is 146 cm³/mol. The molecule has 13 heteroatoms. The molecule has 1 saturated heterocycles. The fraction of sp³-hybridized carbons (Fsp3) is 0.500. The van der Waals surface area contributed by atoms with Gasteiger partial charge in [0, 0.05) is 31.9 Å². The molecule has 3 aromatic rings. The number of aryl methyl sites for hydroxylation is 1. The van der Waals surface area contributed by atoms with Crippen LogP contribution in [0.15, 0.2) is 30.9 Å². The predicted octanol–water partition coefficient (Wildman–Crippen LogP) is 5.33. The Bertz CT molecular complexity index is 1290. The summed E-state index contributed by atoms with van der Waals surface area (Å²) in [6.45, 7) is 7.34. The summed E-state index contributed by atoms with van der Waals surface area (Å²) in [4.78, 5) is 22.5. The quantitative estimate of drug-likeness (QED) is 0.343. The van der Waals surface area contributed by atoms with E-state index < -0.39 is 23.8 Å². The molecule has 222 valence electrons. The molecule has 2 aromatic heterocycles. The molecule has 0 unspecified atom stereocenters. The van der Waals surface area contributed by atoms with E-state index in [1.165, 1.54) is 26.6 Å². The Morgan fingerprint density at radius 3 is 2.27 bits per heavy atom. The van der Waals surface area contributed by atoms with Crippen LogP contribution in [0, 0.1) is 17.6 Å². The van der Waals surface area contributed by atoms with E-state index in [2.05, 4.69) is 20.4 Å². The summed E-state index contributed by atoms with van der Waals surface area (Å²) in [6.07, 6.45) is 8.91. The smallest absolute Gasteiger partial charge is 0.410 e. The number of halogens is 2. The van der Waals surface area contributed by atoms with Crippen LogP contribution >= 0.6 is 0 Å². The molecule has 1 aromatic carbocycles. The van der Waals surface area contributed by atoms with Crippen LogP contribution in [0.1, 0.15) is 45.6 Å². The molecule has 1 fully saturated rings. The van der Waals surface area contributed by atoms with E-state index >= 15 is 0 Å². The number of carbonyl (C=O) groups excluding carboxylic acids is 1. The zero-order valence-electron chi connectivity index (χ0n) is 23.9. The van der Waals surface area contributed by atoms with Crippen molar-refractivity contribution in [1.29, 1.82) is 0 Å². The molecule has 0 aliphatic carbocycles. The number of hydrogen-bond donors (Lipinski definition) is 1. The molecule has 3 heterocycles. The topological polar surface area (TPSA) is 113 Å². The van der Waals surface area contributed by atoms with Crippen LogP contribution in [0.4, 0.5) is 25.2 Å². The van der Waals surface area contributed by atoms with Crippen molar-refractivity contribution in [2.24, 2.45) is 5.92 Å². The summed E-state index contributed by atoms with van der Waals surface area (Å²) >= 11 is 0. The second-order valence-corrected chi connectivity index (χ2v) is 10.7. The molecule has 1 amide bonds. The average Bonchev–Trinajstić information content (AvgIpc) is 3.39. The van der Waals surface area contributed by atoms with Gasteiger partial charge in [0.25, 0.3) is 0 Å². The van der Waals surface area contributed by atoms with E-state index in [-0.39, 0.29) is 28.9 Å². The first-order chi connectivity index (χ1) is 19.6. The van der Waals surface area contributed by atoms with E-state index in [0.717, 1.165) is 31.9 Å². The van der Waals surface area contributed by atoms with Gasteiger partial charge in [0.15, 0.2) is 28.9 Å². The molecule has 1 N–H and O–H groups in total. The Morgan fingerprint density at radius 2 is 1.68 bits per heavy atom. The number of rotatable bonds is 10. The minimum atomic E-state index is -0.867. The van der Waals surface area contributed by atoms with Crippen molar-refractivity contribution >= 4 is 17.7 Å². The summed E-state index contributed by atoms with van der Waals surface area (Å²) < 4.78 is 51.8. The highest BCUT2D eigenvalue weighted by atomic mass is 19.1. The van der Waals surface area contributed by atoms with E-state index in [1.807, 2.05) is 31.6 Å².